The zero-order chi connectivity index (χ0) is 16.1. The fraction of sp³-hybridized carbons (Fsp3) is 0.235. The van der Waals surface area contributed by atoms with E-state index < -0.39 is 0 Å². The van der Waals surface area contributed by atoms with Crippen LogP contribution in [0.2, 0.25) is 0 Å². The topological polar surface area (TPSA) is 61.5 Å². The molecule has 0 aliphatic carbocycles. The third kappa shape index (κ3) is 3.91. The van der Waals surface area contributed by atoms with Gasteiger partial charge in [0.25, 0.3) is 0 Å². The second kappa shape index (κ2) is 7.30. The molecule has 0 saturated carbocycles. The summed E-state index contributed by atoms with van der Waals surface area (Å²) in [4.78, 5) is 6.58. The Kier molecular flexibility index (Phi) is 4.95. The Morgan fingerprint density at radius 3 is 2.78 bits per heavy atom. The number of aliphatic hydroxyl groups is 1. The van der Waals surface area contributed by atoms with Crippen LogP contribution in [-0.2, 0) is 6.54 Å². The Morgan fingerprint density at radius 1 is 1.26 bits per heavy atom. The van der Waals surface area contributed by atoms with Gasteiger partial charge in [-0.05, 0) is 36.4 Å². The van der Waals surface area contributed by atoms with Crippen LogP contribution in [0, 0.1) is 0 Å². The number of hydrogen-bond acceptors (Lipinski definition) is 6. The Bertz CT molecular complexity index is 723. The van der Waals surface area contributed by atoms with Crippen LogP contribution in [0.5, 0.6) is 0 Å². The van der Waals surface area contributed by atoms with E-state index in [-0.39, 0.29) is 6.61 Å². The van der Waals surface area contributed by atoms with Gasteiger partial charge < -0.3 is 19.7 Å². The molecule has 0 aliphatic rings. The molecule has 0 unspecified atom stereocenters. The normalized spacial score (nSPS) is 10.7. The van der Waals surface area contributed by atoms with Gasteiger partial charge in [0.2, 0.25) is 0 Å². The number of likely N-dealkylation sites (N-methyl/N-ethyl adjacent to an activating group) is 1. The first-order valence-electron chi connectivity index (χ1n) is 7.40. The Morgan fingerprint density at radius 2 is 2.09 bits per heavy atom. The van der Waals surface area contributed by atoms with Crippen molar-refractivity contribution in [2.75, 3.05) is 30.4 Å². The number of hydrogen-bond donors (Lipinski definition) is 2. The number of aromatic nitrogens is 1. The predicted molar refractivity (Wildman–Crippen MR) is 93.9 cm³/mol. The molecule has 0 aliphatic heterocycles. The first kappa shape index (κ1) is 15.6. The van der Waals surface area contributed by atoms with Crippen molar-refractivity contribution < 1.29 is 9.52 Å². The first-order valence-corrected chi connectivity index (χ1v) is 8.28. The molecule has 1 aromatic carbocycles. The minimum Gasteiger partial charge on any atom is -0.462 e. The molecule has 3 rings (SSSR count). The molecule has 23 heavy (non-hydrogen) atoms. The lowest BCUT2D eigenvalue weighted by Crippen LogP contribution is -2.20. The highest BCUT2D eigenvalue weighted by atomic mass is 32.1. The van der Waals surface area contributed by atoms with E-state index in [1.807, 2.05) is 53.7 Å². The highest BCUT2D eigenvalue weighted by Crippen LogP contribution is 2.24. The van der Waals surface area contributed by atoms with Crippen molar-refractivity contribution >= 4 is 22.7 Å². The SMILES string of the molecule is CN(CCO)c1ccc(NCc2csc(-c3ccco3)n2)cc1. The molecular weight excluding hydrogens is 310 g/mol. The average Bonchev–Trinajstić information content (AvgIpc) is 3.25. The van der Waals surface area contributed by atoms with Gasteiger partial charge in [0.1, 0.15) is 0 Å². The number of thiazole rings is 1. The van der Waals surface area contributed by atoms with Gasteiger partial charge in [0, 0.05) is 30.3 Å². The molecule has 2 heterocycles. The maximum absolute atomic E-state index is 8.97. The third-order valence-electron chi connectivity index (χ3n) is 3.50. The van der Waals surface area contributed by atoms with Crippen molar-refractivity contribution in [3.63, 3.8) is 0 Å². The lowest BCUT2D eigenvalue weighted by atomic mass is 10.2. The van der Waals surface area contributed by atoms with Gasteiger partial charge in [-0.3, -0.25) is 0 Å². The van der Waals surface area contributed by atoms with Crippen LogP contribution in [0.25, 0.3) is 10.8 Å². The molecule has 6 heteroatoms. The smallest absolute Gasteiger partial charge is 0.162 e. The molecule has 3 aromatic rings. The Hall–Kier alpha value is -2.31. The molecule has 0 amide bonds. The van der Waals surface area contributed by atoms with Crippen LogP contribution in [0.4, 0.5) is 11.4 Å². The van der Waals surface area contributed by atoms with Crippen LogP contribution in [0.3, 0.4) is 0 Å². The van der Waals surface area contributed by atoms with Crippen LogP contribution in [0.15, 0.2) is 52.5 Å². The van der Waals surface area contributed by atoms with Crippen molar-refractivity contribution in [2.24, 2.45) is 0 Å². The number of nitrogens with one attached hydrogen (secondary N) is 1. The van der Waals surface area contributed by atoms with Gasteiger partial charge >= 0.3 is 0 Å². The molecular formula is C17H19N3O2S. The minimum atomic E-state index is 0.151. The van der Waals surface area contributed by atoms with Crippen LogP contribution in [-0.4, -0.2) is 30.3 Å². The molecule has 0 saturated heterocycles. The fourth-order valence-corrected chi connectivity index (χ4v) is 2.99. The summed E-state index contributed by atoms with van der Waals surface area (Å²) < 4.78 is 5.36. The Balaban J connectivity index is 1.58. The van der Waals surface area contributed by atoms with Crippen LogP contribution in [0.1, 0.15) is 5.69 Å². The van der Waals surface area contributed by atoms with E-state index in [1.54, 1.807) is 17.6 Å². The maximum atomic E-state index is 8.97. The average molecular weight is 329 g/mol. The summed E-state index contributed by atoms with van der Waals surface area (Å²) in [5, 5.41) is 15.3. The number of nitrogens with zero attached hydrogens (tertiary/aromatic N) is 2. The summed E-state index contributed by atoms with van der Waals surface area (Å²) >= 11 is 1.58. The molecule has 0 radical (unpaired) electrons. The van der Waals surface area contributed by atoms with Gasteiger partial charge in [-0.1, -0.05) is 0 Å². The van der Waals surface area contributed by atoms with E-state index in [0.717, 1.165) is 27.8 Å². The summed E-state index contributed by atoms with van der Waals surface area (Å²) in [7, 11) is 1.96. The van der Waals surface area contributed by atoms with E-state index in [9.17, 15) is 0 Å². The summed E-state index contributed by atoms with van der Waals surface area (Å²) in [6.45, 7) is 1.45. The Labute approximate surface area is 139 Å². The number of anilines is 2. The molecule has 0 spiro atoms. The van der Waals surface area contributed by atoms with E-state index in [2.05, 4.69) is 10.3 Å². The maximum Gasteiger partial charge on any atom is 0.162 e. The summed E-state index contributed by atoms with van der Waals surface area (Å²) in [5.41, 5.74) is 3.11. The molecule has 2 aromatic heterocycles. The standard InChI is InChI=1S/C17H19N3O2S/c1-20(8-9-21)15-6-4-13(5-7-15)18-11-14-12-23-17(19-14)16-3-2-10-22-16/h2-7,10,12,18,21H,8-9,11H2,1H3. The zero-order valence-corrected chi connectivity index (χ0v) is 13.7. The van der Waals surface area contributed by atoms with Crippen molar-refractivity contribution in [3.05, 3.63) is 53.7 Å². The zero-order valence-electron chi connectivity index (χ0n) is 12.9. The van der Waals surface area contributed by atoms with E-state index in [0.29, 0.717) is 13.1 Å². The van der Waals surface area contributed by atoms with E-state index in [1.165, 1.54) is 0 Å². The predicted octanol–water partition coefficient (Wildman–Crippen LogP) is 3.44. The second-order valence-corrected chi connectivity index (χ2v) is 6.02. The van der Waals surface area contributed by atoms with Gasteiger partial charge in [0.15, 0.2) is 10.8 Å². The third-order valence-corrected chi connectivity index (χ3v) is 4.41. The molecule has 5 nitrogen and oxygen atoms in total. The highest BCUT2D eigenvalue weighted by Gasteiger charge is 2.07. The number of furan rings is 1. The van der Waals surface area contributed by atoms with Crippen molar-refractivity contribution in [1.82, 2.24) is 4.98 Å². The number of aliphatic hydroxyl groups excluding tert-OH is 1. The van der Waals surface area contributed by atoms with Crippen molar-refractivity contribution in [3.8, 4) is 10.8 Å². The summed E-state index contributed by atoms with van der Waals surface area (Å²) in [6.07, 6.45) is 1.66. The summed E-state index contributed by atoms with van der Waals surface area (Å²) in [5.74, 6) is 0.803. The molecule has 0 atom stereocenters. The largest absolute Gasteiger partial charge is 0.462 e. The molecule has 0 bridgehead atoms. The minimum absolute atomic E-state index is 0.151. The molecule has 0 fully saturated rings. The van der Waals surface area contributed by atoms with Gasteiger partial charge in [0.05, 0.1) is 25.1 Å². The van der Waals surface area contributed by atoms with Gasteiger partial charge in [-0.25, -0.2) is 4.98 Å². The molecule has 120 valence electrons. The number of rotatable bonds is 7. The lowest BCUT2D eigenvalue weighted by molar-refractivity contribution is 0.304. The first-order chi connectivity index (χ1) is 11.3. The van der Waals surface area contributed by atoms with Crippen molar-refractivity contribution in [1.29, 1.82) is 0 Å². The van der Waals surface area contributed by atoms with Crippen molar-refractivity contribution in [2.45, 2.75) is 6.54 Å². The second-order valence-electron chi connectivity index (χ2n) is 5.17. The van der Waals surface area contributed by atoms with Crippen LogP contribution >= 0.6 is 11.3 Å². The van der Waals surface area contributed by atoms with Gasteiger partial charge in [-0.15, -0.1) is 11.3 Å². The van der Waals surface area contributed by atoms with E-state index in [4.69, 9.17) is 9.52 Å². The quantitative estimate of drug-likeness (QED) is 0.695. The highest BCUT2D eigenvalue weighted by molar-refractivity contribution is 7.13. The monoisotopic (exact) mass is 329 g/mol. The van der Waals surface area contributed by atoms with Gasteiger partial charge in [-0.2, -0.15) is 0 Å². The number of benzene rings is 1. The van der Waals surface area contributed by atoms with Crippen LogP contribution < -0.4 is 10.2 Å². The van der Waals surface area contributed by atoms with E-state index >= 15 is 0 Å². The molecule has 2 N–H and O–H groups in total. The summed E-state index contributed by atoms with van der Waals surface area (Å²) in [6, 6.07) is 11.9. The lowest BCUT2D eigenvalue weighted by Gasteiger charge is -2.18. The fourth-order valence-electron chi connectivity index (χ4n) is 2.21.